The molecule has 2 heterocycles. The molecule has 1 aliphatic rings. The zero-order valence-electron chi connectivity index (χ0n) is 47.7. The Bertz CT molecular complexity index is 2370. The monoisotopic (exact) mass is 1090 g/mol. The summed E-state index contributed by atoms with van der Waals surface area (Å²) in [5.74, 6) is -3.75. The maximum absolute atomic E-state index is 14.7. The summed E-state index contributed by atoms with van der Waals surface area (Å²) in [4.78, 5) is 105. The van der Waals surface area contributed by atoms with Crippen LogP contribution in [-0.2, 0) is 56.0 Å². The number of likely N-dealkylation sites (N-methyl/N-ethyl adjacent to an activating group) is 2. The molecule has 77 heavy (non-hydrogen) atoms. The lowest BCUT2D eigenvalue weighted by atomic mass is 9.89. The topological polar surface area (TPSA) is 244 Å². The van der Waals surface area contributed by atoms with E-state index in [1.807, 2.05) is 84.2 Å². The van der Waals surface area contributed by atoms with Crippen molar-refractivity contribution in [1.82, 2.24) is 35.6 Å². The molecule has 1 unspecified atom stereocenters. The first-order chi connectivity index (χ1) is 36.4. The predicted molar refractivity (Wildman–Crippen MR) is 298 cm³/mol. The van der Waals surface area contributed by atoms with Crippen molar-refractivity contribution >= 4 is 58.6 Å². The van der Waals surface area contributed by atoms with Crippen molar-refractivity contribution in [2.45, 2.75) is 162 Å². The molecule has 1 aliphatic heterocycles. The van der Waals surface area contributed by atoms with E-state index in [1.54, 1.807) is 75.2 Å². The van der Waals surface area contributed by atoms with Crippen LogP contribution in [-0.4, -0.2) is 145 Å². The van der Waals surface area contributed by atoms with Crippen LogP contribution in [0.3, 0.4) is 0 Å². The van der Waals surface area contributed by atoms with Crippen LogP contribution in [0.5, 0.6) is 0 Å². The second-order valence-electron chi connectivity index (χ2n) is 21.5. The average molecular weight is 1090 g/mol. The van der Waals surface area contributed by atoms with E-state index in [0.717, 1.165) is 17.0 Å². The maximum atomic E-state index is 14.7. The van der Waals surface area contributed by atoms with Crippen molar-refractivity contribution in [2.75, 3.05) is 40.2 Å². The third-order valence-electron chi connectivity index (χ3n) is 14.8. The van der Waals surface area contributed by atoms with E-state index in [9.17, 15) is 33.6 Å². The molecular formula is C57H87N9O10S. The molecule has 11 atom stereocenters. The van der Waals surface area contributed by atoms with Crippen LogP contribution in [0.4, 0.5) is 10.5 Å². The van der Waals surface area contributed by atoms with Gasteiger partial charge in [0.05, 0.1) is 48.7 Å². The Labute approximate surface area is 460 Å². The molecule has 7 amide bonds. The van der Waals surface area contributed by atoms with E-state index >= 15 is 0 Å². The lowest BCUT2D eigenvalue weighted by molar-refractivity contribution is -0.148. The zero-order chi connectivity index (χ0) is 57.3. The van der Waals surface area contributed by atoms with Gasteiger partial charge < -0.3 is 51.0 Å². The van der Waals surface area contributed by atoms with Gasteiger partial charge in [-0.1, -0.05) is 111 Å². The summed E-state index contributed by atoms with van der Waals surface area (Å²) >= 11 is 1.48. The van der Waals surface area contributed by atoms with E-state index in [-0.39, 0.29) is 66.5 Å². The van der Waals surface area contributed by atoms with Gasteiger partial charge in [-0.3, -0.25) is 33.7 Å². The summed E-state index contributed by atoms with van der Waals surface area (Å²) < 4.78 is 17.8. The largest absolute Gasteiger partial charge is 0.445 e. The van der Waals surface area contributed by atoms with Crippen molar-refractivity contribution in [1.29, 1.82) is 0 Å². The Morgan fingerprint density at radius 3 is 2.00 bits per heavy atom. The number of amides is 7. The molecule has 6 N–H and O–H groups in total. The molecule has 426 valence electrons. The number of methoxy groups -OCH3 is 2. The normalized spacial score (nSPS) is 17.5. The number of nitrogens with two attached hydrogens (primary N) is 1. The van der Waals surface area contributed by atoms with Gasteiger partial charge in [0.1, 0.15) is 29.7 Å². The third-order valence-corrected chi connectivity index (χ3v) is 15.7. The lowest BCUT2D eigenvalue weighted by Crippen LogP contribution is -2.60. The summed E-state index contributed by atoms with van der Waals surface area (Å²) in [6.45, 7) is 18.6. The number of hydrogen-bond donors (Lipinski definition) is 5. The van der Waals surface area contributed by atoms with Gasteiger partial charge in [0.2, 0.25) is 35.4 Å². The predicted octanol–water partition coefficient (Wildman–Crippen LogP) is 6.32. The highest BCUT2D eigenvalue weighted by Gasteiger charge is 2.44. The van der Waals surface area contributed by atoms with E-state index in [4.69, 9.17) is 19.9 Å². The van der Waals surface area contributed by atoms with Crippen molar-refractivity contribution in [2.24, 2.45) is 35.3 Å². The van der Waals surface area contributed by atoms with Crippen LogP contribution in [0, 0.1) is 29.6 Å². The number of hydrogen-bond acceptors (Lipinski definition) is 13. The molecule has 3 aromatic rings. The number of nitrogens with zero attached hydrogens (tertiary/aromatic N) is 4. The first kappa shape index (κ1) is 63.6. The van der Waals surface area contributed by atoms with Crippen LogP contribution < -0.4 is 27.0 Å². The molecule has 0 spiro atoms. The Morgan fingerprint density at radius 2 is 1.44 bits per heavy atom. The first-order valence-corrected chi connectivity index (χ1v) is 27.8. The van der Waals surface area contributed by atoms with Gasteiger partial charge in [-0.05, 0) is 73.1 Å². The summed E-state index contributed by atoms with van der Waals surface area (Å²) in [5, 5.41) is 14.2. The quantitative estimate of drug-likeness (QED) is 0.0536. The van der Waals surface area contributed by atoms with Gasteiger partial charge in [0.25, 0.3) is 0 Å². The molecule has 20 heteroatoms. The molecule has 1 saturated heterocycles. The molecule has 0 radical (unpaired) electrons. The lowest BCUT2D eigenvalue weighted by Gasteiger charge is -2.41. The SMILES string of the molecule is CC[C@H](C)[C@@H]([C@@H](CC(=O)N1CCC[C@H]1[C@H](OC)[C@@H](C)C(=O)N[C@@H](Cc1ccccc1)c1nccs1)OC)N(C)C(=O)[C@@H](NC(=O)C(C(C)C)N(C)C(=O)OCc1ccc(NC(=O)[C@H](C)NC(=O)[C@@H](N)C(C)C)cc1)C(C)C. The van der Waals surface area contributed by atoms with Crippen molar-refractivity contribution < 1.29 is 47.8 Å². The number of anilines is 1. The second kappa shape index (κ2) is 30.3. The summed E-state index contributed by atoms with van der Waals surface area (Å²) in [6, 6.07) is 11.7. The van der Waals surface area contributed by atoms with Gasteiger partial charge in [-0.15, -0.1) is 11.3 Å². The molecule has 0 aliphatic carbocycles. The molecule has 1 fully saturated rings. The van der Waals surface area contributed by atoms with Gasteiger partial charge in [0, 0.05) is 52.1 Å². The fraction of sp³-hybridized carbons (Fsp3) is 0.614. The van der Waals surface area contributed by atoms with Crippen LogP contribution in [0.15, 0.2) is 66.2 Å². The molecule has 0 saturated carbocycles. The first-order valence-electron chi connectivity index (χ1n) is 27.0. The van der Waals surface area contributed by atoms with Crippen molar-refractivity contribution in [3.8, 4) is 0 Å². The van der Waals surface area contributed by atoms with Crippen LogP contribution in [0.2, 0.25) is 0 Å². The Balaban J connectivity index is 1.41. The standard InChI is InChI=1S/C57H87N9O10S/c1-15-36(8)49(44(74-13)31-45(67)66-28-19-22-43(66)50(75-14)37(9)51(68)62-42(55-59-27-29-77-55)30-39-20-17-16-18-21-39)64(11)56(72)47(34(4)5)63-54(71)48(35(6)7)65(12)57(73)76-32-40-23-25-41(26-24-40)61-52(69)38(10)60-53(70)46(58)33(2)3/h16-18,20-21,23-27,29,33-38,42-44,46-50H,15,19,22,28,30-32,58H2,1-14H3,(H,60,70)(H,61,69)(H,62,68)(H,63,71)/t36-,37+,38-,42-,43-,44+,46-,47-,48?,49-,50+/m0/s1. The number of rotatable bonds is 28. The Kier molecular flexibility index (Phi) is 25.0. The van der Waals surface area contributed by atoms with Gasteiger partial charge in [-0.25, -0.2) is 9.78 Å². The summed E-state index contributed by atoms with van der Waals surface area (Å²) in [6.07, 6.45) is 2.17. The highest BCUT2D eigenvalue weighted by Crippen LogP contribution is 2.31. The number of carbonyl (C=O) groups excluding carboxylic acids is 7. The molecule has 19 nitrogen and oxygen atoms in total. The zero-order valence-corrected chi connectivity index (χ0v) is 48.6. The molecule has 1 aromatic heterocycles. The van der Waals surface area contributed by atoms with Crippen molar-refractivity contribution in [3.05, 3.63) is 82.3 Å². The smallest absolute Gasteiger partial charge is 0.410 e. The summed E-state index contributed by atoms with van der Waals surface area (Å²) in [5.41, 5.74) is 8.05. The van der Waals surface area contributed by atoms with E-state index in [0.29, 0.717) is 37.1 Å². The molecular weight excluding hydrogens is 1000 g/mol. The van der Waals surface area contributed by atoms with Crippen LogP contribution in [0.1, 0.15) is 117 Å². The van der Waals surface area contributed by atoms with Crippen molar-refractivity contribution in [3.63, 3.8) is 0 Å². The molecule has 2 aromatic carbocycles. The van der Waals surface area contributed by atoms with Crippen LogP contribution >= 0.6 is 11.3 Å². The maximum Gasteiger partial charge on any atom is 0.410 e. The Hall–Kier alpha value is -5.96. The average Bonchev–Trinajstić information content (AvgIpc) is 4.13. The van der Waals surface area contributed by atoms with Gasteiger partial charge >= 0.3 is 6.09 Å². The van der Waals surface area contributed by atoms with E-state index in [2.05, 4.69) is 26.3 Å². The fourth-order valence-electron chi connectivity index (χ4n) is 9.94. The van der Waals surface area contributed by atoms with Gasteiger partial charge in [-0.2, -0.15) is 0 Å². The number of thiazole rings is 1. The Morgan fingerprint density at radius 1 is 0.779 bits per heavy atom. The van der Waals surface area contributed by atoms with E-state index < -0.39 is 72.1 Å². The highest BCUT2D eigenvalue weighted by atomic mass is 32.1. The molecule has 0 bridgehead atoms. The number of aromatic nitrogens is 1. The van der Waals surface area contributed by atoms with Gasteiger partial charge in [0.15, 0.2) is 0 Å². The third kappa shape index (κ3) is 17.5. The number of ether oxygens (including phenoxy) is 3. The molecule has 4 rings (SSSR count). The number of nitrogens with one attached hydrogen (secondary N) is 4. The summed E-state index contributed by atoms with van der Waals surface area (Å²) in [7, 11) is 6.24. The fourth-order valence-corrected chi connectivity index (χ4v) is 10.6. The number of likely N-dealkylation sites (tertiary alicyclic amines) is 1. The van der Waals surface area contributed by atoms with E-state index in [1.165, 1.54) is 30.4 Å². The number of carbonyl (C=O) groups is 7. The minimum Gasteiger partial charge on any atom is -0.445 e. The number of benzene rings is 2. The minimum atomic E-state index is -1.02. The van der Waals surface area contributed by atoms with Crippen LogP contribution in [0.25, 0.3) is 0 Å². The second-order valence-corrected chi connectivity index (χ2v) is 22.4. The minimum absolute atomic E-state index is 0.0453. The highest BCUT2D eigenvalue weighted by molar-refractivity contribution is 7.09.